The molecule has 0 aromatic carbocycles. The standard InChI is InChI=1S/C8H6FNO2/c1-5(8(11)12)6-2-3-10-4-7(6)9/h2-4H,1H2,(H,11,12). The normalized spacial score (nSPS) is 9.42. The van der Waals surface area contributed by atoms with Crippen molar-refractivity contribution in [2.24, 2.45) is 0 Å². The SMILES string of the molecule is C=C(C(=O)O)c1ccncc1F. The number of pyridine rings is 1. The first-order valence-electron chi connectivity index (χ1n) is 3.15. The average Bonchev–Trinajstić information content (AvgIpc) is 2.04. The fourth-order valence-corrected chi connectivity index (χ4v) is 0.735. The lowest BCUT2D eigenvalue weighted by Crippen LogP contribution is -2.00. The fourth-order valence-electron chi connectivity index (χ4n) is 0.735. The zero-order valence-electron chi connectivity index (χ0n) is 6.12. The van der Waals surface area contributed by atoms with Crippen LogP contribution in [0.15, 0.2) is 25.0 Å². The molecule has 0 aliphatic carbocycles. The third-order valence-corrected chi connectivity index (χ3v) is 1.36. The van der Waals surface area contributed by atoms with Crippen LogP contribution in [0, 0.1) is 5.82 Å². The molecule has 0 fully saturated rings. The largest absolute Gasteiger partial charge is 0.478 e. The van der Waals surface area contributed by atoms with Crippen molar-refractivity contribution < 1.29 is 14.3 Å². The molecule has 4 heteroatoms. The van der Waals surface area contributed by atoms with Crippen LogP contribution in [0.1, 0.15) is 5.56 Å². The molecule has 0 aliphatic rings. The number of halogens is 1. The summed E-state index contributed by atoms with van der Waals surface area (Å²) in [5, 5.41) is 8.47. The van der Waals surface area contributed by atoms with Gasteiger partial charge in [-0.2, -0.15) is 0 Å². The molecular formula is C8H6FNO2. The lowest BCUT2D eigenvalue weighted by atomic mass is 10.1. The van der Waals surface area contributed by atoms with Crippen molar-refractivity contribution in [2.75, 3.05) is 0 Å². The third-order valence-electron chi connectivity index (χ3n) is 1.36. The van der Waals surface area contributed by atoms with E-state index in [4.69, 9.17) is 5.11 Å². The van der Waals surface area contributed by atoms with E-state index in [1.165, 1.54) is 12.3 Å². The Morgan fingerprint density at radius 2 is 2.33 bits per heavy atom. The van der Waals surface area contributed by atoms with Crippen molar-refractivity contribution in [1.82, 2.24) is 4.98 Å². The second-order valence-corrected chi connectivity index (χ2v) is 2.14. The summed E-state index contributed by atoms with van der Waals surface area (Å²) >= 11 is 0. The van der Waals surface area contributed by atoms with E-state index in [1.54, 1.807) is 0 Å². The molecular weight excluding hydrogens is 161 g/mol. The van der Waals surface area contributed by atoms with Crippen molar-refractivity contribution in [3.8, 4) is 0 Å². The Balaban J connectivity index is 3.11. The van der Waals surface area contributed by atoms with E-state index < -0.39 is 11.8 Å². The van der Waals surface area contributed by atoms with Gasteiger partial charge < -0.3 is 5.11 Å². The number of carboxylic acids is 1. The molecule has 62 valence electrons. The molecule has 1 N–H and O–H groups in total. The average molecular weight is 167 g/mol. The Hall–Kier alpha value is -1.71. The molecule has 0 amide bonds. The summed E-state index contributed by atoms with van der Waals surface area (Å²) in [5.41, 5.74) is -0.299. The van der Waals surface area contributed by atoms with Crippen LogP contribution in [-0.4, -0.2) is 16.1 Å². The molecule has 1 aromatic rings. The molecule has 12 heavy (non-hydrogen) atoms. The Morgan fingerprint density at radius 3 is 2.83 bits per heavy atom. The van der Waals surface area contributed by atoms with Gasteiger partial charge in [0.2, 0.25) is 0 Å². The van der Waals surface area contributed by atoms with Gasteiger partial charge in [-0.15, -0.1) is 0 Å². The predicted octanol–water partition coefficient (Wildman–Crippen LogP) is 1.32. The van der Waals surface area contributed by atoms with E-state index in [9.17, 15) is 9.18 Å². The van der Waals surface area contributed by atoms with Crippen LogP contribution in [0.4, 0.5) is 4.39 Å². The molecule has 0 aliphatic heterocycles. The highest BCUT2D eigenvalue weighted by molar-refractivity contribution is 6.14. The van der Waals surface area contributed by atoms with Gasteiger partial charge in [0.1, 0.15) is 5.82 Å². The minimum atomic E-state index is -1.24. The smallest absolute Gasteiger partial charge is 0.335 e. The zero-order chi connectivity index (χ0) is 9.14. The summed E-state index contributed by atoms with van der Waals surface area (Å²) in [6.45, 7) is 3.22. The summed E-state index contributed by atoms with van der Waals surface area (Å²) in [6.07, 6.45) is 2.26. The number of rotatable bonds is 2. The van der Waals surface area contributed by atoms with Crippen LogP contribution in [0.3, 0.4) is 0 Å². The third kappa shape index (κ3) is 1.47. The molecule has 1 rings (SSSR count). The number of carbonyl (C=O) groups is 1. The fraction of sp³-hybridized carbons (Fsp3) is 0. The van der Waals surface area contributed by atoms with Crippen LogP contribution in [0.2, 0.25) is 0 Å². The molecule has 0 radical (unpaired) electrons. The maximum Gasteiger partial charge on any atom is 0.335 e. The molecule has 0 saturated heterocycles. The van der Waals surface area contributed by atoms with Gasteiger partial charge in [0, 0.05) is 11.8 Å². The monoisotopic (exact) mass is 167 g/mol. The van der Waals surface area contributed by atoms with Gasteiger partial charge >= 0.3 is 5.97 Å². The van der Waals surface area contributed by atoms with Gasteiger partial charge in [0.15, 0.2) is 0 Å². The molecule has 0 saturated carbocycles. The molecule has 0 unspecified atom stereocenters. The summed E-state index contributed by atoms with van der Waals surface area (Å²) < 4.78 is 12.8. The number of aromatic nitrogens is 1. The molecule has 0 bridgehead atoms. The Morgan fingerprint density at radius 1 is 1.67 bits per heavy atom. The van der Waals surface area contributed by atoms with E-state index in [2.05, 4.69) is 11.6 Å². The number of hydrogen-bond donors (Lipinski definition) is 1. The second-order valence-electron chi connectivity index (χ2n) is 2.14. The topological polar surface area (TPSA) is 50.2 Å². The Bertz CT molecular complexity index is 336. The zero-order valence-corrected chi connectivity index (χ0v) is 6.12. The van der Waals surface area contributed by atoms with Crippen molar-refractivity contribution in [3.05, 3.63) is 36.4 Å². The Labute approximate surface area is 68.2 Å². The lowest BCUT2D eigenvalue weighted by Gasteiger charge is -1.99. The summed E-state index contributed by atoms with van der Waals surface area (Å²) in [6, 6.07) is 1.27. The van der Waals surface area contributed by atoms with Crippen molar-refractivity contribution in [2.45, 2.75) is 0 Å². The number of nitrogens with zero attached hydrogens (tertiary/aromatic N) is 1. The minimum absolute atomic E-state index is 0.0301. The van der Waals surface area contributed by atoms with Crippen LogP contribution >= 0.6 is 0 Å². The van der Waals surface area contributed by atoms with Crippen LogP contribution in [0.25, 0.3) is 5.57 Å². The van der Waals surface area contributed by atoms with Crippen molar-refractivity contribution >= 4 is 11.5 Å². The van der Waals surface area contributed by atoms with Gasteiger partial charge in [0.05, 0.1) is 11.8 Å². The van der Waals surface area contributed by atoms with Crippen LogP contribution < -0.4 is 0 Å². The molecule has 1 aromatic heterocycles. The first kappa shape index (κ1) is 8.39. The van der Waals surface area contributed by atoms with E-state index in [1.807, 2.05) is 0 Å². The molecule has 0 atom stereocenters. The second kappa shape index (κ2) is 3.13. The Kier molecular flexibility index (Phi) is 2.19. The number of aliphatic carboxylic acids is 1. The highest BCUT2D eigenvalue weighted by Crippen LogP contribution is 2.14. The van der Waals surface area contributed by atoms with Crippen LogP contribution in [-0.2, 0) is 4.79 Å². The van der Waals surface area contributed by atoms with Crippen LogP contribution in [0.5, 0.6) is 0 Å². The molecule has 0 spiro atoms. The van der Waals surface area contributed by atoms with Gasteiger partial charge in [-0.25, -0.2) is 9.18 Å². The molecule has 3 nitrogen and oxygen atoms in total. The molecule has 1 heterocycles. The summed E-state index contributed by atoms with van der Waals surface area (Å²) in [4.78, 5) is 13.8. The van der Waals surface area contributed by atoms with E-state index in [-0.39, 0.29) is 11.1 Å². The highest BCUT2D eigenvalue weighted by Gasteiger charge is 2.11. The quantitative estimate of drug-likeness (QED) is 0.676. The summed E-state index contributed by atoms with van der Waals surface area (Å²) in [5.74, 6) is -1.91. The van der Waals surface area contributed by atoms with Crippen molar-refractivity contribution in [1.29, 1.82) is 0 Å². The van der Waals surface area contributed by atoms with E-state index in [0.717, 1.165) is 6.20 Å². The highest BCUT2D eigenvalue weighted by atomic mass is 19.1. The first-order chi connectivity index (χ1) is 5.63. The predicted molar refractivity (Wildman–Crippen MR) is 40.9 cm³/mol. The van der Waals surface area contributed by atoms with Gasteiger partial charge in [-0.05, 0) is 6.07 Å². The maximum atomic E-state index is 12.8. The minimum Gasteiger partial charge on any atom is -0.478 e. The van der Waals surface area contributed by atoms with Gasteiger partial charge in [0.25, 0.3) is 0 Å². The first-order valence-corrected chi connectivity index (χ1v) is 3.15. The van der Waals surface area contributed by atoms with Gasteiger partial charge in [-0.1, -0.05) is 6.58 Å². The maximum absolute atomic E-state index is 12.8. The van der Waals surface area contributed by atoms with Gasteiger partial charge in [-0.3, -0.25) is 4.98 Å². The lowest BCUT2D eigenvalue weighted by molar-refractivity contribution is -0.130. The van der Waals surface area contributed by atoms with E-state index in [0.29, 0.717) is 0 Å². The summed E-state index contributed by atoms with van der Waals surface area (Å²) in [7, 11) is 0. The van der Waals surface area contributed by atoms with E-state index >= 15 is 0 Å². The number of carboxylic acid groups (broad SMARTS) is 1. The van der Waals surface area contributed by atoms with Crippen molar-refractivity contribution in [3.63, 3.8) is 0 Å². The number of hydrogen-bond acceptors (Lipinski definition) is 2.